The smallest absolute Gasteiger partial charge is 0.410 e. The molecule has 0 aromatic heterocycles. The van der Waals surface area contributed by atoms with Crippen molar-refractivity contribution in [2.75, 3.05) is 13.1 Å². The quantitative estimate of drug-likeness (QED) is 0.747. The summed E-state index contributed by atoms with van der Waals surface area (Å²) in [5.41, 5.74) is -0.722. The lowest BCUT2D eigenvalue weighted by Crippen LogP contribution is -2.62. The minimum atomic E-state index is -4.49. The Morgan fingerprint density at radius 2 is 1.86 bits per heavy atom. The van der Waals surface area contributed by atoms with Gasteiger partial charge in [0.2, 0.25) is 5.91 Å². The maximum Gasteiger partial charge on any atom is 0.410 e. The van der Waals surface area contributed by atoms with Crippen molar-refractivity contribution < 1.29 is 27.5 Å². The lowest BCUT2D eigenvalue weighted by molar-refractivity contribution is -0.194. The highest BCUT2D eigenvalue weighted by molar-refractivity contribution is 5.84. The van der Waals surface area contributed by atoms with Gasteiger partial charge in [0.25, 0.3) is 0 Å². The number of hydrogen-bond donors (Lipinski definition) is 0. The number of nitrogens with zero attached hydrogens (tertiary/aromatic N) is 2. The zero-order valence-corrected chi connectivity index (χ0v) is 12.8. The first-order valence-electron chi connectivity index (χ1n) is 6.68. The van der Waals surface area contributed by atoms with E-state index in [4.69, 9.17) is 4.74 Å². The van der Waals surface area contributed by atoms with Crippen molar-refractivity contribution in [1.29, 1.82) is 0 Å². The van der Waals surface area contributed by atoms with Gasteiger partial charge < -0.3 is 9.64 Å². The fraction of sp³-hybridized carbons (Fsp3) is 0.846. The predicted octanol–water partition coefficient (Wildman–Crippen LogP) is 2.41. The van der Waals surface area contributed by atoms with Crippen molar-refractivity contribution in [3.63, 3.8) is 0 Å². The van der Waals surface area contributed by atoms with E-state index in [9.17, 15) is 22.8 Å². The molecular weight excluding hydrogens is 289 g/mol. The van der Waals surface area contributed by atoms with Crippen molar-refractivity contribution in [3.05, 3.63) is 0 Å². The van der Waals surface area contributed by atoms with Crippen LogP contribution in [0.5, 0.6) is 0 Å². The molecule has 122 valence electrons. The van der Waals surface area contributed by atoms with Gasteiger partial charge in [-0.2, -0.15) is 13.2 Å². The molecule has 0 bridgehead atoms. The van der Waals surface area contributed by atoms with Crippen molar-refractivity contribution in [2.24, 2.45) is 0 Å². The van der Waals surface area contributed by atoms with Gasteiger partial charge in [0.15, 0.2) is 0 Å². The molecule has 21 heavy (non-hydrogen) atoms. The average Bonchev–Trinajstić information content (AvgIpc) is 2.23. The van der Waals surface area contributed by atoms with E-state index in [1.54, 1.807) is 20.8 Å². The Morgan fingerprint density at radius 3 is 2.24 bits per heavy atom. The normalized spacial score (nSPS) is 22.3. The van der Waals surface area contributed by atoms with Crippen LogP contribution in [0.3, 0.4) is 0 Å². The number of halogens is 3. The van der Waals surface area contributed by atoms with Crippen molar-refractivity contribution >= 4 is 12.0 Å². The molecule has 1 aliphatic rings. The van der Waals surface area contributed by atoms with E-state index in [-0.39, 0.29) is 6.54 Å². The Morgan fingerprint density at radius 1 is 1.33 bits per heavy atom. The van der Waals surface area contributed by atoms with Crippen LogP contribution in [-0.4, -0.2) is 58.8 Å². The van der Waals surface area contributed by atoms with Crippen LogP contribution >= 0.6 is 0 Å². The number of rotatable bonds is 1. The van der Waals surface area contributed by atoms with E-state index in [1.165, 1.54) is 6.92 Å². The minimum absolute atomic E-state index is 0.0150. The summed E-state index contributed by atoms with van der Waals surface area (Å²) in [6, 6.07) is -2.60. The third-order valence-electron chi connectivity index (χ3n) is 3.12. The highest BCUT2D eigenvalue weighted by Crippen LogP contribution is 2.28. The van der Waals surface area contributed by atoms with Crippen molar-refractivity contribution in [1.82, 2.24) is 9.80 Å². The van der Waals surface area contributed by atoms with Crippen LogP contribution in [0.1, 0.15) is 34.6 Å². The molecule has 0 unspecified atom stereocenters. The molecule has 1 saturated heterocycles. The summed E-state index contributed by atoms with van der Waals surface area (Å²) in [4.78, 5) is 25.8. The van der Waals surface area contributed by atoms with Gasteiger partial charge in [-0.3, -0.25) is 9.69 Å². The third-order valence-corrected chi connectivity index (χ3v) is 3.12. The lowest BCUT2D eigenvalue weighted by atomic mass is 10.1. The predicted molar refractivity (Wildman–Crippen MR) is 69.6 cm³/mol. The first kappa shape index (κ1) is 17.6. The second kappa shape index (κ2) is 5.73. The standard InChI is InChI=1S/C13H21F3N2O3/c1-8-6-17(11(20)21-12(3,4)5)7-10(19)18(8)9(2)13(14,15)16/h8-9H,6-7H2,1-5H3/t8-,9-/m1/s1. The Balaban J connectivity index is 2.79. The minimum Gasteiger partial charge on any atom is -0.444 e. The molecule has 2 amide bonds. The molecule has 0 saturated carbocycles. The molecule has 1 aliphatic heterocycles. The van der Waals surface area contributed by atoms with Gasteiger partial charge >= 0.3 is 12.3 Å². The molecule has 1 rings (SSSR count). The summed E-state index contributed by atoms with van der Waals surface area (Å²) in [6.07, 6.45) is -5.18. The summed E-state index contributed by atoms with van der Waals surface area (Å²) < 4.78 is 43.4. The van der Waals surface area contributed by atoms with Crippen molar-refractivity contribution in [2.45, 2.75) is 58.5 Å². The van der Waals surface area contributed by atoms with E-state index in [2.05, 4.69) is 0 Å². The van der Waals surface area contributed by atoms with Crippen LogP contribution in [0.15, 0.2) is 0 Å². The van der Waals surface area contributed by atoms with Crippen molar-refractivity contribution in [3.8, 4) is 0 Å². The monoisotopic (exact) mass is 310 g/mol. The SMILES string of the molecule is C[C@@H]1CN(C(=O)OC(C)(C)C)CC(=O)N1[C@H](C)C(F)(F)F. The van der Waals surface area contributed by atoms with Gasteiger partial charge in [0, 0.05) is 12.6 Å². The summed E-state index contributed by atoms with van der Waals surface area (Å²) in [6.45, 7) is 7.07. The van der Waals surface area contributed by atoms with Crippen LogP contribution in [0.4, 0.5) is 18.0 Å². The number of hydrogen-bond acceptors (Lipinski definition) is 3. The molecular formula is C13H21F3N2O3. The summed E-state index contributed by atoms with van der Waals surface area (Å²) in [5.74, 6) is -0.732. The molecule has 2 atom stereocenters. The number of carbonyl (C=O) groups excluding carboxylic acids is 2. The highest BCUT2D eigenvalue weighted by Gasteiger charge is 2.46. The molecule has 0 aliphatic carbocycles. The van der Waals surface area contributed by atoms with Gasteiger partial charge in [-0.25, -0.2) is 4.79 Å². The number of alkyl halides is 3. The van der Waals surface area contributed by atoms with Crippen LogP contribution in [0.2, 0.25) is 0 Å². The summed E-state index contributed by atoms with van der Waals surface area (Å²) in [7, 11) is 0. The lowest BCUT2D eigenvalue weighted by Gasteiger charge is -2.43. The van der Waals surface area contributed by atoms with E-state index >= 15 is 0 Å². The first-order valence-corrected chi connectivity index (χ1v) is 6.68. The maximum atomic E-state index is 12.8. The van der Waals surface area contributed by atoms with Crippen LogP contribution in [0.25, 0.3) is 0 Å². The molecule has 0 spiro atoms. The Labute approximate surface area is 122 Å². The first-order chi connectivity index (χ1) is 9.33. The largest absolute Gasteiger partial charge is 0.444 e. The van der Waals surface area contributed by atoms with Crippen LogP contribution < -0.4 is 0 Å². The topological polar surface area (TPSA) is 49.9 Å². The fourth-order valence-electron chi connectivity index (χ4n) is 2.18. The van der Waals surface area contributed by atoms with Gasteiger partial charge in [-0.05, 0) is 34.6 Å². The van der Waals surface area contributed by atoms with Crippen LogP contribution in [-0.2, 0) is 9.53 Å². The molecule has 5 nitrogen and oxygen atoms in total. The summed E-state index contributed by atoms with van der Waals surface area (Å²) >= 11 is 0. The maximum absolute atomic E-state index is 12.8. The number of carbonyl (C=O) groups is 2. The zero-order chi connectivity index (χ0) is 16.6. The van der Waals surface area contributed by atoms with E-state index in [0.717, 1.165) is 16.7 Å². The van der Waals surface area contributed by atoms with E-state index in [1.807, 2.05) is 0 Å². The third kappa shape index (κ3) is 4.50. The number of ether oxygens (including phenoxy) is 1. The molecule has 0 N–H and O–H groups in total. The second-order valence-electron chi connectivity index (χ2n) is 6.23. The second-order valence-corrected chi connectivity index (χ2v) is 6.23. The van der Waals surface area contributed by atoms with E-state index in [0.29, 0.717) is 0 Å². The number of piperazine rings is 1. The molecule has 1 fully saturated rings. The molecule has 0 aromatic carbocycles. The molecule has 0 radical (unpaired) electrons. The molecule has 1 heterocycles. The van der Waals surface area contributed by atoms with Gasteiger partial charge in [-0.1, -0.05) is 0 Å². The Bertz CT molecular complexity index is 418. The molecule has 8 heteroatoms. The highest BCUT2D eigenvalue weighted by atomic mass is 19.4. The summed E-state index contributed by atoms with van der Waals surface area (Å²) in [5, 5.41) is 0. The number of amides is 2. The Kier molecular flexibility index (Phi) is 4.80. The Hall–Kier alpha value is -1.47. The zero-order valence-electron chi connectivity index (χ0n) is 12.8. The van der Waals surface area contributed by atoms with Gasteiger partial charge in [0.05, 0.1) is 0 Å². The van der Waals surface area contributed by atoms with E-state index < -0.39 is 42.4 Å². The average molecular weight is 310 g/mol. The van der Waals surface area contributed by atoms with Crippen LogP contribution in [0, 0.1) is 0 Å². The van der Waals surface area contributed by atoms with Gasteiger partial charge in [0.1, 0.15) is 18.2 Å². The van der Waals surface area contributed by atoms with Gasteiger partial charge in [-0.15, -0.1) is 0 Å². The molecule has 0 aromatic rings. The fourth-order valence-corrected chi connectivity index (χ4v) is 2.18.